The molecule has 0 bridgehead atoms. The Morgan fingerprint density at radius 1 is 0.975 bits per heavy atom. The van der Waals surface area contributed by atoms with Gasteiger partial charge >= 0.3 is 12.4 Å². The first-order chi connectivity index (χ1) is 18.6. The highest BCUT2D eigenvalue weighted by Gasteiger charge is 2.44. The number of amides is 1. The van der Waals surface area contributed by atoms with Crippen LogP contribution in [0.4, 0.5) is 30.7 Å². The van der Waals surface area contributed by atoms with Crippen molar-refractivity contribution in [1.82, 2.24) is 29.6 Å². The van der Waals surface area contributed by atoms with Crippen molar-refractivity contribution < 1.29 is 43.9 Å². The Bertz CT molecular complexity index is 1500. The number of pyridine rings is 2. The van der Waals surface area contributed by atoms with Crippen molar-refractivity contribution in [1.29, 1.82) is 0 Å². The Hall–Kier alpha value is -3.73. The molecule has 1 aliphatic heterocycles. The molecule has 4 rings (SSSR count). The molecule has 0 aliphatic carbocycles. The Morgan fingerprint density at radius 2 is 1.65 bits per heavy atom. The smallest absolute Gasteiger partial charge is 0.351 e. The van der Waals surface area contributed by atoms with Crippen LogP contribution in [0.5, 0.6) is 0 Å². The SMILES string of the molecule is CC1CCC(C(=O)NCc2cc(-c3cnc(C(F)(F)F)nc3)ncc2C(F)(F)F)N1S(=O)(=O)c1ccc(F)nc1. The molecular formula is C23H19F7N6O3S. The van der Waals surface area contributed by atoms with Gasteiger partial charge in [-0.05, 0) is 43.5 Å². The predicted octanol–water partition coefficient (Wildman–Crippen LogP) is 3.97. The third-order valence-corrected chi connectivity index (χ3v) is 8.13. The van der Waals surface area contributed by atoms with Crippen LogP contribution >= 0.6 is 0 Å². The molecule has 0 spiro atoms. The monoisotopic (exact) mass is 592 g/mol. The summed E-state index contributed by atoms with van der Waals surface area (Å²) in [6, 6.07) is 0.819. The van der Waals surface area contributed by atoms with Crippen LogP contribution in [0.3, 0.4) is 0 Å². The molecule has 0 saturated carbocycles. The fourth-order valence-electron chi connectivity index (χ4n) is 4.21. The lowest BCUT2D eigenvalue weighted by atomic mass is 10.1. The number of rotatable bonds is 6. The number of aromatic nitrogens is 4. The molecule has 1 saturated heterocycles. The van der Waals surface area contributed by atoms with Gasteiger partial charge < -0.3 is 5.32 Å². The molecule has 1 fully saturated rings. The van der Waals surface area contributed by atoms with Crippen LogP contribution in [0.25, 0.3) is 11.3 Å². The van der Waals surface area contributed by atoms with Crippen molar-refractivity contribution in [2.75, 3.05) is 0 Å². The summed E-state index contributed by atoms with van der Waals surface area (Å²) in [5.74, 6) is -3.24. The van der Waals surface area contributed by atoms with E-state index in [2.05, 4.69) is 25.3 Å². The molecule has 4 heterocycles. The van der Waals surface area contributed by atoms with Crippen molar-refractivity contribution in [3.63, 3.8) is 0 Å². The van der Waals surface area contributed by atoms with Crippen molar-refractivity contribution in [3.05, 3.63) is 65.9 Å². The van der Waals surface area contributed by atoms with Crippen molar-refractivity contribution in [3.8, 4) is 11.3 Å². The zero-order chi connectivity index (χ0) is 29.5. The molecule has 40 heavy (non-hydrogen) atoms. The molecule has 1 aliphatic rings. The summed E-state index contributed by atoms with van der Waals surface area (Å²) in [5, 5.41) is 2.32. The number of hydrogen-bond acceptors (Lipinski definition) is 7. The second-order valence-corrected chi connectivity index (χ2v) is 10.7. The first-order valence-corrected chi connectivity index (χ1v) is 12.9. The molecule has 214 valence electrons. The van der Waals surface area contributed by atoms with Gasteiger partial charge in [0, 0.05) is 36.7 Å². The normalized spacial score (nSPS) is 18.6. The summed E-state index contributed by atoms with van der Waals surface area (Å²) < 4.78 is 120. The van der Waals surface area contributed by atoms with E-state index in [1.54, 1.807) is 6.92 Å². The minimum Gasteiger partial charge on any atom is -0.351 e. The number of carbonyl (C=O) groups excluding carboxylic acids is 1. The van der Waals surface area contributed by atoms with Crippen LogP contribution in [0.2, 0.25) is 0 Å². The third-order valence-electron chi connectivity index (χ3n) is 6.13. The number of nitrogens with zero attached hydrogens (tertiary/aromatic N) is 5. The lowest BCUT2D eigenvalue weighted by Crippen LogP contribution is -2.48. The highest BCUT2D eigenvalue weighted by Crippen LogP contribution is 2.34. The van der Waals surface area contributed by atoms with E-state index in [0.29, 0.717) is 6.20 Å². The second kappa shape index (κ2) is 10.7. The lowest BCUT2D eigenvalue weighted by Gasteiger charge is -2.27. The summed E-state index contributed by atoms with van der Waals surface area (Å²) >= 11 is 0. The van der Waals surface area contributed by atoms with Gasteiger partial charge in [-0.2, -0.15) is 35.0 Å². The average Bonchev–Trinajstić information content (AvgIpc) is 3.28. The predicted molar refractivity (Wildman–Crippen MR) is 123 cm³/mol. The maximum Gasteiger partial charge on any atom is 0.451 e. The number of carbonyl (C=O) groups is 1. The number of sulfonamides is 1. The van der Waals surface area contributed by atoms with Crippen molar-refractivity contribution in [2.24, 2.45) is 0 Å². The number of nitrogens with one attached hydrogen (secondary N) is 1. The molecule has 9 nitrogen and oxygen atoms in total. The average molecular weight is 592 g/mol. The minimum atomic E-state index is -4.89. The molecule has 0 aromatic carbocycles. The lowest BCUT2D eigenvalue weighted by molar-refractivity contribution is -0.145. The first-order valence-electron chi connectivity index (χ1n) is 11.5. The van der Waals surface area contributed by atoms with Crippen LogP contribution in [0.15, 0.2) is 47.9 Å². The molecule has 1 amide bonds. The Morgan fingerprint density at radius 3 is 2.23 bits per heavy atom. The number of hydrogen-bond donors (Lipinski definition) is 1. The van der Waals surface area contributed by atoms with E-state index in [1.807, 2.05) is 0 Å². The fraction of sp³-hybridized carbons (Fsp3) is 0.348. The van der Waals surface area contributed by atoms with Crippen LogP contribution in [-0.4, -0.2) is 50.6 Å². The van der Waals surface area contributed by atoms with E-state index < -0.39 is 69.8 Å². The molecule has 2 atom stereocenters. The topological polar surface area (TPSA) is 118 Å². The zero-order valence-electron chi connectivity index (χ0n) is 20.3. The molecule has 1 N–H and O–H groups in total. The zero-order valence-corrected chi connectivity index (χ0v) is 21.1. The van der Waals surface area contributed by atoms with Gasteiger partial charge in [0.15, 0.2) is 0 Å². The molecule has 3 aromatic heterocycles. The van der Waals surface area contributed by atoms with Gasteiger partial charge in [-0.25, -0.2) is 23.4 Å². The van der Waals surface area contributed by atoms with E-state index in [4.69, 9.17) is 0 Å². The summed E-state index contributed by atoms with van der Waals surface area (Å²) in [7, 11) is -4.31. The second-order valence-electron chi connectivity index (χ2n) is 8.83. The van der Waals surface area contributed by atoms with Gasteiger partial charge in [-0.3, -0.25) is 9.78 Å². The van der Waals surface area contributed by atoms with E-state index in [0.717, 1.165) is 41.1 Å². The van der Waals surface area contributed by atoms with Crippen molar-refractivity contribution in [2.45, 2.75) is 55.6 Å². The maximum atomic E-state index is 13.7. The third kappa shape index (κ3) is 6.04. The van der Waals surface area contributed by atoms with E-state index >= 15 is 0 Å². The summed E-state index contributed by atoms with van der Waals surface area (Å²) in [6.45, 7) is 0.840. The molecular weight excluding hydrogens is 573 g/mol. The highest BCUT2D eigenvalue weighted by molar-refractivity contribution is 7.89. The number of alkyl halides is 6. The fourth-order valence-corrected chi connectivity index (χ4v) is 6.00. The summed E-state index contributed by atoms with van der Waals surface area (Å²) in [5.41, 5.74) is -1.99. The summed E-state index contributed by atoms with van der Waals surface area (Å²) in [4.78, 5) is 26.0. The van der Waals surface area contributed by atoms with Gasteiger partial charge in [0.25, 0.3) is 0 Å². The Kier molecular flexibility index (Phi) is 7.81. The van der Waals surface area contributed by atoms with Crippen LogP contribution in [-0.2, 0) is 33.7 Å². The van der Waals surface area contributed by atoms with Gasteiger partial charge in [-0.1, -0.05) is 0 Å². The Balaban J connectivity index is 1.59. The molecule has 2 unspecified atom stereocenters. The van der Waals surface area contributed by atoms with Gasteiger partial charge in [-0.15, -0.1) is 0 Å². The molecule has 3 aromatic rings. The minimum absolute atomic E-state index is 0.0669. The molecule has 17 heteroatoms. The molecule has 0 radical (unpaired) electrons. The van der Waals surface area contributed by atoms with E-state index in [9.17, 15) is 43.9 Å². The van der Waals surface area contributed by atoms with Gasteiger partial charge in [0.05, 0.1) is 17.5 Å². The van der Waals surface area contributed by atoms with Gasteiger partial charge in [0.1, 0.15) is 10.9 Å². The quantitative estimate of drug-likeness (QED) is 0.340. The van der Waals surface area contributed by atoms with E-state index in [1.165, 1.54) is 0 Å². The van der Waals surface area contributed by atoms with Crippen LogP contribution in [0, 0.1) is 5.95 Å². The van der Waals surface area contributed by atoms with E-state index in [-0.39, 0.29) is 29.0 Å². The van der Waals surface area contributed by atoms with Crippen LogP contribution < -0.4 is 5.32 Å². The largest absolute Gasteiger partial charge is 0.451 e. The van der Waals surface area contributed by atoms with Crippen LogP contribution in [0.1, 0.15) is 36.7 Å². The van der Waals surface area contributed by atoms with Crippen molar-refractivity contribution >= 4 is 15.9 Å². The maximum absolute atomic E-state index is 13.7. The Labute approximate surface area is 222 Å². The van der Waals surface area contributed by atoms with Gasteiger partial charge in [0.2, 0.25) is 27.7 Å². The highest BCUT2D eigenvalue weighted by atomic mass is 32.2. The first kappa shape index (κ1) is 29.3. The summed E-state index contributed by atoms with van der Waals surface area (Å²) in [6.07, 6.45) is -6.62. The standard InChI is InChI=1S/C23H19F7N6O3S/c1-12-2-4-18(36(12)40(38,39)15-3-5-19(24)32-10-15)20(37)33-7-13-6-17(31-11-16(13)22(25,26)27)14-8-34-21(35-9-14)23(28,29)30/h3,5-6,8-12,18H,2,4,7H2,1H3,(H,33,37). The number of halogens is 7.